The van der Waals surface area contributed by atoms with E-state index in [0.29, 0.717) is 6.42 Å². The molecule has 96 valence electrons. The van der Waals surface area contributed by atoms with Gasteiger partial charge in [0.05, 0.1) is 5.25 Å². The SMILES string of the molecule is CCCCC(C(=O)O)S(=O)(=O)C(C)C(C)C. The van der Waals surface area contributed by atoms with Gasteiger partial charge in [-0.2, -0.15) is 0 Å². The van der Waals surface area contributed by atoms with Crippen molar-refractivity contribution in [1.82, 2.24) is 0 Å². The van der Waals surface area contributed by atoms with Crippen LogP contribution in [0.2, 0.25) is 0 Å². The summed E-state index contributed by atoms with van der Waals surface area (Å²) in [5.41, 5.74) is 0. The summed E-state index contributed by atoms with van der Waals surface area (Å²) in [4.78, 5) is 11.0. The van der Waals surface area contributed by atoms with E-state index in [1.807, 2.05) is 6.92 Å². The van der Waals surface area contributed by atoms with Crippen molar-refractivity contribution in [2.45, 2.75) is 57.5 Å². The van der Waals surface area contributed by atoms with Gasteiger partial charge in [-0.15, -0.1) is 0 Å². The van der Waals surface area contributed by atoms with Crippen LogP contribution in [0, 0.1) is 5.92 Å². The summed E-state index contributed by atoms with van der Waals surface area (Å²) in [6, 6.07) is 0. The molecule has 0 amide bonds. The Balaban J connectivity index is 4.97. The molecule has 0 bridgehead atoms. The first-order valence-corrected chi connectivity index (χ1v) is 7.31. The molecule has 2 atom stereocenters. The van der Waals surface area contributed by atoms with Crippen molar-refractivity contribution >= 4 is 15.8 Å². The van der Waals surface area contributed by atoms with Crippen LogP contribution in [0.1, 0.15) is 47.0 Å². The third-order valence-corrected chi connectivity index (χ3v) is 5.76. The molecule has 0 aromatic heterocycles. The van der Waals surface area contributed by atoms with Crippen LogP contribution in [0.15, 0.2) is 0 Å². The summed E-state index contributed by atoms with van der Waals surface area (Å²) in [7, 11) is -3.57. The van der Waals surface area contributed by atoms with Crippen LogP contribution in [0.3, 0.4) is 0 Å². The lowest BCUT2D eigenvalue weighted by atomic mass is 10.1. The molecule has 0 aliphatic rings. The van der Waals surface area contributed by atoms with Crippen molar-refractivity contribution in [3.05, 3.63) is 0 Å². The molecule has 5 heteroatoms. The first kappa shape index (κ1) is 15.4. The Morgan fingerprint density at radius 3 is 2.06 bits per heavy atom. The number of carboxylic acids is 1. The fraction of sp³-hybridized carbons (Fsp3) is 0.909. The zero-order valence-corrected chi connectivity index (χ0v) is 11.3. The monoisotopic (exact) mass is 250 g/mol. The van der Waals surface area contributed by atoms with Gasteiger partial charge in [0.1, 0.15) is 0 Å². The second-order valence-corrected chi connectivity index (χ2v) is 7.00. The van der Waals surface area contributed by atoms with Crippen LogP contribution in [0.5, 0.6) is 0 Å². The minimum Gasteiger partial charge on any atom is -0.480 e. The van der Waals surface area contributed by atoms with Crippen LogP contribution < -0.4 is 0 Å². The molecule has 0 saturated heterocycles. The third-order valence-electron chi connectivity index (χ3n) is 2.95. The topological polar surface area (TPSA) is 71.4 Å². The lowest BCUT2D eigenvalue weighted by Gasteiger charge is -2.21. The summed E-state index contributed by atoms with van der Waals surface area (Å²) >= 11 is 0. The van der Waals surface area contributed by atoms with Gasteiger partial charge in [0.25, 0.3) is 0 Å². The second kappa shape index (κ2) is 6.23. The summed E-state index contributed by atoms with van der Waals surface area (Å²) in [5, 5.41) is 7.14. The van der Waals surface area contributed by atoms with Gasteiger partial charge in [-0.1, -0.05) is 33.6 Å². The molecule has 0 heterocycles. The van der Waals surface area contributed by atoms with Crippen molar-refractivity contribution in [2.24, 2.45) is 5.92 Å². The number of aliphatic carboxylic acids is 1. The highest BCUT2D eigenvalue weighted by Crippen LogP contribution is 2.21. The van der Waals surface area contributed by atoms with E-state index >= 15 is 0 Å². The standard InChI is InChI=1S/C11H22O4S/c1-5-6-7-10(11(12)13)16(14,15)9(4)8(2)3/h8-10H,5-7H2,1-4H3,(H,12,13). The van der Waals surface area contributed by atoms with Gasteiger partial charge < -0.3 is 5.11 Å². The molecule has 2 unspecified atom stereocenters. The number of rotatable bonds is 7. The lowest BCUT2D eigenvalue weighted by molar-refractivity contribution is -0.136. The molecule has 0 fully saturated rings. The molecule has 0 aliphatic heterocycles. The highest BCUT2D eigenvalue weighted by molar-refractivity contribution is 7.93. The number of hydrogen-bond acceptors (Lipinski definition) is 3. The summed E-state index contributed by atoms with van der Waals surface area (Å²) in [6.07, 6.45) is 1.64. The van der Waals surface area contributed by atoms with Gasteiger partial charge in [0.2, 0.25) is 0 Å². The van der Waals surface area contributed by atoms with Crippen molar-refractivity contribution in [2.75, 3.05) is 0 Å². The van der Waals surface area contributed by atoms with E-state index < -0.39 is 26.3 Å². The summed E-state index contributed by atoms with van der Waals surface area (Å²) in [5.74, 6) is -1.28. The second-order valence-electron chi connectivity index (χ2n) is 4.51. The van der Waals surface area contributed by atoms with E-state index in [4.69, 9.17) is 5.11 Å². The molecule has 0 radical (unpaired) electrons. The molecule has 0 aromatic rings. The minimum atomic E-state index is -3.57. The van der Waals surface area contributed by atoms with Gasteiger partial charge in [-0.3, -0.25) is 4.79 Å². The highest BCUT2D eigenvalue weighted by Gasteiger charge is 2.37. The normalized spacial score (nSPS) is 16.1. The van der Waals surface area contributed by atoms with Gasteiger partial charge in [0.15, 0.2) is 15.1 Å². The number of carboxylic acid groups (broad SMARTS) is 1. The lowest BCUT2D eigenvalue weighted by Crippen LogP contribution is -2.38. The molecule has 1 N–H and O–H groups in total. The van der Waals surface area contributed by atoms with Gasteiger partial charge in [-0.25, -0.2) is 8.42 Å². The van der Waals surface area contributed by atoms with Crippen LogP contribution in [-0.2, 0) is 14.6 Å². The molecular formula is C11H22O4S. The van der Waals surface area contributed by atoms with Crippen molar-refractivity contribution in [3.8, 4) is 0 Å². The Morgan fingerprint density at radius 1 is 1.25 bits per heavy atom. The maximum Gasteiger partial charge on any atom is 0.321 e. The van der Waals surface area contributed by atoms with Crippen molar-refractivity contribution in [1.29, 1.82) is 0 Å². The minimum absolute atomic E-state index is 0.0616. The van der Waals surface area contributed by atoms with E-state index in [9.17, 15) is 13.2 Å². The molecule has 0 aliphatic carbocycles. The van der Waals surface area contributed by atoms with Crippen LogP contribution >= 0.6 is 0 Å². The van der Waals surface area contributed by atoms with Crippen LogP contribution in [0.25, 0.3) is 0 Å². The van der Waals surface area contributed by atoms with Crippen LogP contribution in [-0.4, -0.2) is 30.0 Å². The molecule has 4 nitrogen and oxygen atoms in total. The van der Waals surface area contributed by atoms with E-state index in [0.717, 1.165) is 6.42 Å². The van der Waals surface area contributed by atoms with Gasteiger partial charge in [0, 0.05) is 0 Å². The predicted octanol–water partition coefficient (Wildman–Crippen LogP) is 2.09. The first-order chi connectivity index (χ1) is 7.25. The van der Waals surface area contributed by atoms with E-state index in [2.05, 4.69) is 0 Å². The Bertz CT molecular complexity index is 319. The maximum atomic E-state index is 12.0. The van der Waals surface area contributed by atoms with E-state index in [-0.39, 0.29) is 12.3 Å². The molecule has 0 aromatic carbocycles. The van der Waals surface area contributed by atoms with Crippen molar-refractivity contribution < 1.29 is 18.3 Å². The maximum absolute atomic E-state index is 12.0. The fourth-order valence-corrected chi connectivity index (χ4v) is 3.51. The average molecular weight is 250 g/mol. The average Bonchev–Trinajstić information content (AvgIpc) is 2.16. The largest absolute Gasteiger partial charge is 0.480 e. The van der Waals surface area contributed by atoms with E-state index in [1.54, 1.807) is 20.8 Å². The molecular weight excluding hydrogens is 228 g/mol. The predicted molar refractivity (Wildman–Crippen MR) is 64.2 cm³/mol. The number of hydrogen-bond donors (Lipinski definition) is 1. The fourth-order valence-electron chi connectivity index (χ4n) is 1.46. The smallest absolute Gasteiger partial charge is 0.321 e. The van der Waals surface area contributed by atoms with Gasteiger partial charge >= 0.3 is 5.97 Å². The Hall–Kier alpha value is -0.580. The quantitative estimate of drug-likeness (QED) is 0.751. The summed E-state index contributed by atoms with van der Waals surface area (Å²) in [6.45, 7) is 7.08. The van der Waals surface area contributed by atoms with Crippen molar-refractivity contribution in [3.63, 3.8) is 0 Å². The number of unbranched alkanes of at least 4 members (excludes halogenated alkanes) is 1. The Kier molecular flexibility index (Phi) is 6.00. The van der Waals surface area contributed by atoms with Gasteiger partial charge in [-0.05, 0) is 19.3 Å². The zero-order chi connectivity index (χ0) is 12.9. The first-order valence-electron chi connectivity index (χ1n) is 5.70. The van der Waals surface area contributed by atoms with E-state index in [1.165, 1.54) is 0 Å². The Morgan fingerprint density at radius 2 is 1.75 bits per heavy atom. The summed E-state index contributed by atoms with van der Waals surface area (Å²) < 4.78 is 24.1. The zero-order valence-electron chi connectivity index (χ0n) is 10.4. The Labute approximate surface area is 98.0 Å². The molecule has 0 rings (SSSR count). The number of sulfone groups is 1. The molecule has 16 heavy (non-hydrogen) atoms. The van der Waals surface area contributed by atoms with Crippen LogP contribution in [0.4, 0.5) is 0 Å². The molecule has 0 saturated carbocycles. The third kappa shape index (κ3) is 3.77. The number of carbonyl (C=O) groups is 1. The molecule has 0 spiro atoms. The highest BCUT2D eigenvalue weighted by atomic mass is 32.2.